The van der Waals surface area contributed by atoms with Crippen LogP contribution in [0.1, 0.15) is 161 Å². The van der Waals surface area contributed by atoms with E-state index in [-0.39, 0.29) is 39.3 Å². The number of hydrogen-bond acceptors (Lipinski definition) is 3. The summed E-state index contributed by atoms with van der Waals surface area (Å²) in [6.45, 7) is 32.1. The quantitative estimate of drug-likeness (QED) is 0.160. The Morgan fingerprint density at radius 1 is 0.431 bits per heavy atom. The van der Waals surface area contributed by atoms with Gasteiger partial charge in [-0.05, 0) is 188 Å². The number of hydrogen-bond donors (Lipinski definition) is 0. The highest BCUT2D eigenvalue weighted by Crippen LogP contribution is 2.55. The van der Waals surface area contributed by atoms with Gasteiger partial charge >= 0.3 is 6.85 Å². The van der Waals surface area contributed by atoms with Crippen LogP contribution in [0.15, 0.2) is 97.1 Å². The Labute approximate surface area is 393 Å². The van der Waals surface area contributed by atoms with Crippen LogP contribution in [-0.2, 0) is 32.5 Å². The van der Waals surface area contributed by atoms with Crippen LogP contribution in [0.2, 0.25) is 0 Å². The van der Waals surface area contributed by atoms with E-state index in [1.54, 1.807) is 0 Å². The van der Waals surface area contributed by atoms with E-state index in [1.165, 1.54) is 148 Å². The zero-order valence-corrected chi connectivity index (χ0v) is 42.2. The topological polar surface area (TPSA) is 6.48 Å². The first kappa shape index (κ1) is 41.6. The molecule has 0 saturated heterocycles. The summed E-state index contributed by atoms with van der Waals surface area (Å²) in [6, 6.07) is 39.8. The number of anilines is 5. The molecule has 0 fully saturated rings. The number of nitrogens with zero attached hydrogens (tertiary/aromatic N) is 2. The SMILES string of the molecule is Cc1cc2c3c(c1)N(c1ccc4c(c1)C(C)(C)CCC4(C)C)c1cc4c(cc1B3N(c1ccc3c(c1)C(C)(C)CCC3(C)C)c1cc3sc5ccccc5c3cc1-2)C(C)(C)CCC4(C)C. The zero-order valence-electron chi connectivity index (χ0n) is 41.4. The largest absolute Gasteiger partial charge is 0.376 e. The molecular formula is C61H67BN2S. The van der Waals surface area contributed by atoms with E-state index in [4.69, 9.17) is 0 Å². The maximum atomic E-state index is 2.81. The molecule has 0 saturated carbocycles. The van der Waals surface area contributed by atoms with Crippen molar-refractivity contribution in [2.75, 3.05) is 9.71 Å². The number of aryl methyl sites for hydroxylation is 1. The van der Waals surface area contributed by atoms with Gasteiger partial charge in [0.15, 0.2) is 0 Å². The fourth-order valence-electron chi connectivity index (χ4n) is 13.4. The first-order valence-electron chi connectivity index (χ1n) is 24.8. The van der Waals surface area contributed by atoms with Gasteiger partial charge in [-0.15, -0.1) is 11.3 Å². The van der Waals surface area contributed by atoms with Gasteiger partial charge in [0.2, 0.25) is 0 Å². The van der Waals surface area contributed by atoms with Crippen molar-refractivity contribution in [1.82, 2.24) is 0 Å². The van der Waals surface area contributed by atoms with Gasteiger partial charge in [-0.1, -0.05) is 126 Å². The molecule has 3 aliphatic carbocycles. The van der Waals surface area contributed by atoms with E-state index < -0.39 is 0 Å². The Morgan fingerprint density at radius 3 is 1.57 bits per heavy atom. The minimum absolute atomic E-state index is 0.0249. The van der Waals surface area contributed by atoms with E-state index in [1.807, 2.05) is 11.3 Å². The van der Waals surface area contributed by atoms with E-state index in [0.717, 1.165) is 0 Å². The highest BCUT2D eigenvalue weighted by Gasteiger charge is 2.49. The molecule has 0 spiro atoms. The van der Waals surface area contributed by atoms with Crippen molar-refractivity contribution >= 4 is 77.7 Å². The lowest BCUT2D eigenvalue weighted by molar-refractivity contribution is 0.332. The van der Waals surface area contributed by atoms with E-state index >= 15 is 0 Å². The molecule has 6 aromatic carbocycles. The van der Waals surface area contributed by atoms with Crippen LogP contribution in [0.25, 0.3) is 31.3 Å². The maximum Gasteiger partial charge on any atom is 0.333 e. The van der Waals surface area contributed by atoms with Crippen LogP contribution < -0.4 is 20.6 Å². The normalized spacial score (nSPS) is 21.0. The highest BCUT2D eigenvalue weighted by molar-refractivity contribution is 7.25. The lowest BCUT2D eigenvalue weighted by Gasteiger charge is -2.49. The average molecular weight is 871 g/mol. The smallest absolute Gasteiger partial charge is 0.333 e. The van der Waals surface area contributed by atoms with Gasteiger partial charge in [0, 0.05) is 54.2 Å². The summed E-state index contributed by atoms with van der Waals surface area (Å²) in [5.41, 5.74) is 23.1. The van der Waals surface area contributed by atoms with Gasteiger partial charge in [0.1, 0.15) is 0 Å². The minimum atomic E-state index is -0.0249. The predicted octanol–water partition coefficient (Wildman–Crippen LogP) is 16.1. The summed E-state index contributed by atoms with van der Waals surface area (Å²) >= 11 is 1.94. The Balaban J connectivity index is 1.22. The summed E-state index contributed by atoms with van der Waals surface area (Å²) in [7, 11) is 0. The molecule has 2 aliphatic heterocycles. The Bertz CT molecular complexity index is 3210. The molecule has 1 aromatic heterocycles. The maximum absolute atomic E-state index is 2.81. The molecule has 7 aromatic rings. The Kier molecular flexibility index (Phi) is 8.46. The number of rotatable bonds is 2. The molecule has 0 atom stereocenters. The van der Waals surface area contributed by atoms with E-state index in [0.29, 0.717) is 0 Å². The van der Waals surface area contributed by atoms with Crippen LogP contribution in [0.3, 0.4) is 0 Å². The van der Waals surface area contributed by atoms with E-state index in [9.17, 15) is 0 Å². The van der Waals surface area contributed by atoms with Gasteiger partial charge in [-0.3, -0.25) is 0 Å². The predicted molar refractivity (Wildman–Crippen MR) is 284 cm³/mol. The molecule has 0 amide bonds. The van der Waals surface area contributed by atoms with Crippen molar-refractivity contribution in [3.05, 3.63) is 136 Å². The molecule has 0 unspecified atom stereocenters. The monoisotopic (exact) mass is 871 g/mol. The molecule has 4 heteroatoms. The molecule has 12 rings (SSSR count). The van der Waals surface area contributed by atoms with Gasteiger partial charge in [0.25, 0.3) is 0 Å². The number of thiophene rings is 1. The molecule has 2 nitrogen and oxygen atoms in total. The fraction of sp³-hybridized carbons (Fsp3) is 0.410. The second kappa shape index (κ2) is 13.2. The highest BCUT2D eigenvalue weighted by atomic mass is 32.1. The van der Waals surface area contributed by atoms with Gasteiger partial charge in [0.05, 0.1) is 0 Å². The molecular weight excluding hydrogens is 804 g/mol. The lowest BCUT2D eigenvalue weighted by atomic mass is 9.42. The number of benzene rings is 6. The molecule has 330 valence electrons. The summed E-state index contributed by atoms with van der Waals surface area (Å²) in [4.78, 5) is 5.52. The summed E-state index contributed by atoms with van der Waals surface area (Å²) in [6.07, 6.45) is 7.17. The number of fused-ring (bicyclic) bond motifs is 10. The van der Waals surface area contributed by atoms with Crippen molar-refractivity contribution < 1.29 is 0 Å². The molecule has 0 radical (unpaired) electrons. The minimum Gasteiger partial charge on any atom is -0.376 e. The van der Waals surface area contributed by atoms with Crippen molar-refractivity contribution in [3.8, 4) is 11.1 Å². The van der Waals surface area contributed by atoms with Crippen molar-refractivity contribution in [2.24, 2.45) is 0 Å². The third-order valence-corrected chi connectivity index (χ3v) is 19.0. The summed E-state index contributed by atoms with van der Waals surface area (Å²) in [5, 5.41) is 2.71. The van der Waals surface area contributed by atoms with Crippen LogP contribution in [0.4, 0.5) is 28.4 Å². The standard InChI is InChI=1S/C61H67BN2S/c1-36-28-42-40-32-41-39-16-14-15-17-53(39)65-54(41)35-50(40)64(38-19-21-44-46(31-38)59(8,9)25-23-57(44,4)5)62-49-33-47-48(61(12,13)27-26-60(47,10)11)34-51(49)63(52(29-36)55(42)62)37-18-20-43-45(30-37)58(6,7)24-22-56(43,2)3/h14-21,28-35H,22-27H2,1-13H3. The molecule has 65 heavy (non-hydrogen) atoms. The summed E-state index contributed by atoms with van der Waals surface area (Å²) in [5.74, 6) is 0. The zero-order chi connectivity index (χ0) is 45.5. The fourth-order valence-corrected chi connectivity index (χ4v) is 14.5. The van der Waals surface area contributed by atoms with Gasteiger partial charge < -0.3 is 9.71 Å². The van der Waals surface area contributed by atoms with Crippen LogP contribution in [0.5, 0.6) is 0 Å². The first-order chi connectivity index (χ1) is 30.6. The van der Waals surface area contributed by atoms with Crippen molar-refractivity contribution in [1.29, 1.82) is 0 Å². The van der Waals surface area contributed by atoms with Crippen LogP contribution in [0, 0.1) is 6.92 Å². The van der Waals surface area contributed by atoms with Crippen LogP contribution >= 0.6 is 11.3 Å². The molecule has 5 aliphatic rings. The third-order valence-electron chi connectivity index (χ3n) is 17.9. The van der Waals surface area contributed by atoms with Gasteiger partial charge in [-0.2, -0.15) is 0 Å². The Morgan fingerprint density at radius 2 is 0.954 bits per heavy atom. The molecule has 0 N–H and O–H groups in total. The van der Waals surface area contributed by atoms with Crippen molar-refractivity contribution in [2.45, 2.75) is 161 Å². The molecule has 0 bridgehead atoms. The van der Waals surface area contributed by atoms with Crippen molar-refractivity contribution in [3.63, 3.8) is 0 Å². The second-order valence-electron chi connectivity index (χ2n) is 25.0. The lowest BCUT2D eigenvalue weighted by Crippen LogP contribution is -2.62. The third kappa shape index (κ3) is 5.90. The molecule has 3 heterocycles. The first-order valence-corrected chi connectivity index (χ1v) is 25.6. The average Bonchev–Trinajstić information content (AvgIpc) is 3.62. The second-order valence-corrected chi connectivity index (χ2v) is 26.1. The van der Waals surface area contributed by atoms with Gasteiger partial charge in [-0.25, -0.2) is 0 Å². The van der Waals surface area contributed by atoms with E-state index in [2.05, 4.69) is 197 Å². The Hall–Kier alpha value is -4.80. The summed E-state index contributed by atoms with van der Waals surface area (Å²) < 4.78 is 2.71. The van der Waals surface area contributed by atoms with Crippen LogP contribution in [-0.4, -0.2) is 6.85 Å².